The normalized spacial score (nSPS) is 11.4. The van der Waals surface area contributed by atoms with Crippen molar-refractivity contribution in [1.29, 1.82) is 0 Å². The van der Waals surface area contributed by atoms with E-state index in [9.17, 15) is 9.59 Å². The Morgan fingerprint density at radius 2 is 1.87 bits per heavy atom. The molecule has 114 valence electrons. The number of H-pyrrole nitrogens is 2. The molecule has 4 aromatic rings. The maximum absolute atomic E-state index is 11.9. The van der Waals surface area contributed by atoms with Crippen molar-refractivity contribution in [2.75, 3.05) is 0 Å². The lowest BCUT2D eigenvalue weighted by atomic mass is 10.1. The van der Waals surface area contributed by atoms with Crippen LogP contribution in [-0.4, -0.2) is 15.0 Å². The second-order valence-electron chi connectivity index (χ2n) is 4.89. The van der Waals surface area contributed by atoms with E-state index in [0.29, 0.717) is 36.3 Å². The van der Waals surface area contributed by atoms with Crippen LogP contribution in [-0.2, 0) is 0 Å². The number of rotatable bonds is 1. The molecule has 8 heteroatoms. The van der Waals surface area contributed by atoms with Crippen molar-refractivity contribution >= 4 is 55.0 Å². The third-order valence-corrected chi connectivity index (χ3v) is 5.09. The Kier molecular flexibility index (Phi) is 3.26. The Morgan fingerprint density at radius 1 is 1.04 bits per heavy atom. The first-order chi connectivity index (χ1) is 11.0. The van der Waals surface area contributed by atoms with Gasteiger partial charge in [-0.2, -0.15) is 0 Å². The average molecular weight is 364 g/mol. The fraction of sp³-hybridized carbons (Fsp3) is 0. The quantitative estimate of drug-likeness (QED) is 0.539. The Balaban J connectivity index is 2.04. The highest BCUT2D eigenvalue weighted by molar-refractivity contribution is 7.25. The number of nitrogens with zero attached hydrogens (tertiary/aromatic N) is 1. The molecule has 4 rings (SSSR count). The lowest BCUT2D eigenvalue weighted by Gasteiger charge is -2.04. The highest BCUT2D eigenvalue weighted by atomic mass is 35.5. The number of benzene rings is 1. The van der Waals surface area contributed by atoms with Crippen molar-refractivity contribution in [2.45, 2.75) is 0 Å². The number of pyridine rings is 1. The van der Waals surface area contributed by atoms with E-state index in [-0.39, 0.29) is 0 Å². The van der Waals surface area contributed by atoms with Crippen LogP contribution in [0.15, 0.2) is 39.9 Å². The van der Waals surface area contributed by atoms with E-state index in [2.05, 4.69) is 15.0 Å². The minimum Gasteiger partial charge on any atom is -0.305 e. The summed E-state index contributed by atoms with van der Waals surface area (Å²) in [5, 5.41) is 1.81. The summed E-state index contributed by atoms with van der Waals surface area (Å²) in [7, 11) is 0. The van der Waals surface area contributed by atoms with Crippen molar-refractivity contribution in [3.8, 4) is 11.3 Å². The van der Waals surface area contributed by atoms with Crippen LogP contribution in [0.1, 0.15) is 0 Å². The number of fused-ring (bicyclic) bond motifs is 3. The zero-order valence-electron chi connectivity index (χ0n) is 11.3. The molecule has 0 aliphatic heterocycles. The van der Waals surface area contributed by atoms with Gasteiger partial charge >= 0.3 is 5.69 Å². The van der Waals surface area contributed by atoms with Crippen LogP contribution in [0.2, 0.25) is 10.0 Å². The molecule has 0 amide bonds. The van der Waals surface area contributed by atoms with Crippen LogP contribution in [0.3, 0.4) is 0 Å². The molecule has 0 spiro atoms. The number of aromatic amines is 2. The third kappa shape index (κ3) is 2.35. The maximum Gasteiger partial charge on any atom is 0.326 e. The van der Waals surface area contributed by atoms with E-state index in [4.69, 9.17) is 23.2 Å². The van der Waals surface area contributed by atoms with E-state index >= 15 is 0 Å². The van der Waals surface area contributed by atoms with Gasteiger partial charge in [-0.1, -0.05) is 23.2 Å². The van der Waals surface area contributed by atoms with Gasteiger partial charge in [-0.15, -0.1) is 11.3 Å². The van der Waals surface area contributed by atoms with Crippen molar-refractivity contribution in [2.24, 2.45) is 0 Å². The minimum atomic E-state index is -0.538. The van der Waals surface area contributed by atoms with Gasteiger partial charge in [-0.05, 0) is 30.3 Å². The molecule has 23 heavy (non-hydrogen) atoms. The highest BCUT2D eigenvalue weighted by Gasteiger charge is 2.13. The second-order valence-corrected chi connectivity index (χ2v) is 6.73. The first-order valence-corrected chi connectivity index (χ1v) is 8.11. The minimum absolute atomic E-state index is 0.422. The average Bonchev–Trinajstić information content (AvgIpc) is 2.88. The number of hydrogen-bond donors (Lipinski definition) is 2. The Morgan fingerprint density at radius 3 is 2.70 bits per heavy atom. The van der Waals surface area contributed by atoms with Crippen LogP contribution >= 0.6 is 34.5 Å². The van der Waals surface area contributed by atoms with Crippen molar-refractivity contribution in [3.05, 3.63) is 61.2 Å². The predicted molar refractivity (Wildman–Crippen MR) is 93.8 cm³/mol. The molecule has 3 heterocycles. The van der Waals surface area contributed by atoms with Gasteiger partial charge in [0.2, 0.25) is 0 Å². The van der Waals surface area contributed by atoms with E-state index < -0.39 is 11.2 Å². The molecule has 3 aromatic heterocycles. The van der Waals surface area contributed by atoms with E-state index in [1.54, 1.807) is 24.3 Å². The molecule has 0 saturated heterocycles. The van der Waals surface area contributed by atoms with Crippen LogP contribution in [0, 0.1) is 0 Å². The smallest absolute Gasteiger partial charge is 0.305 e. The fourth-order valence-electron chi connectivity index (χ4n) is 2.41. The van der Waals surface area contributed by atoms with Crippen molar-refractivity contribution in [1.82, 2.24) is 15.0 Å². The van der Waals surface area contributed by atoms with E-state index in [0.717, 1.165) is 5.39 Å². The fourth-order valence-corrected chi connectivity index (χ4v) is 3.82. The molecular formula is C15H7Cl2N3O2S. The summed E-state index contributed by atoms with van der Waals surface area (Å²) in [6, 6.07) is 8.74. The zero-order valence-corrected chi connectivity index (χ0v) is 13.6. The molecule has 0 radical (unpaired) electrons. The molecule has 0 unspecified atom stereocenters. The molecule has 0 atom stereocenters. The number of hydrogen-bond acceptors (Lipinski definition) is 4. The second kappa shape index (κ2) is 5.19. The molecule has 0 aliphatic carbocycles. The lowest BCUT2D eigenvalue weighted by molar-refractivity contribution is 1.09. The third-order valence-electron chi connectivity index (χ3n) is 3.43. The van der Waals surface area contributed by atoms with Crippen LogP contribution in [0.4, 0.5) is 0 Å². The highest BCUT2D eigenvalue weighted by Crippen LogP contribution is 2.34. The number of aromatic nitrogens is 3. The van der Waals surface area contributed by atoms with Crippen LogP contribution < -0.4 is 11.2 Å². The molecule has 0 bridgehead atoms. The maximum atomic E-state index is 11.9. The first-order valence-electron chi connectivity index (χ1n) is 6.54. The molecule has 5 nitrogen and oxygen atoms in total. The van der Waals surface area contributed by atoms with Gasteiger partial charge < -0.3 is 4.98 Å². The summed E-state index contributed by atoms with van der Waals surface area (Å²) in [5.41, 5.74) is 0.893. The van der Waals surface area contributed by atoms with Gasteiger partial charge in [0.15, 0.2) is 0 Å². The molecule has 0 aliphatic rings. The van der Waals surface area contributed by atoms with Gasteiger partial charge in [0.1, 0.15) is 9.53 Å². The summed E-state index contributed by atoms with van der Waals surface area (Å²) in [4.78, 5) is 33.4. The van der Waals surface area contributed by atoms with Gasteiger partial charge in [-0.25, -0.2) is 9.78 Å². The summed E-state index contributed by atoms with van der Waals surface area (Å²) < 4.78 is 0.432. The standard InChI is InChI=1S/C15H7Cl2N3O2S/c16-6-1-3-9(17)8(5-6)10-4-2-7-11-12(23-14(7)18-10)13(21)20-15(22)19-11/h1-5H,(H2,19,20,21,22). The summed E-state index contributed by atoms with van der Waals surface area (Å²) in [5.74, 6) is 0. The first kappa shape index (κ1) is 14.4. The lowest BCUT2D eigenvalue weighted by Crippen LogP contribution is -2.20. The predicted octanol–water partition coefficient (Wildman–Crippen LogP) is 3.80. The van der Waals surface area contributed by atoms with E-state index in [1.165, 1.54) is 11.3 Å². The summed E-state index contributed by atoms with van der Waals surface area (Å²) >= 11 is 13.4. The van der Waals surface area contributed by atoms with Gasteiger partial charge in [0.25, 0.3) is 5.56 Å². The SMILES string of the molecule is O=c1[nH]c(=O)c2sc3nc(-c4cc(Cl)ccc4Cl)ccc3c2[nH]1. The van der Waals surface area contributed by atoms with Gasteiger partial charge in [0, 0.05) is 16.0 Å². The molecule has 0 fully saturated rings. The number of nitrogens with one attached hydrogen (secondary N) is 2. The molecule has 2 N–H and O–H groups in total. The largest absolute Gasteiger partial charge is 0.326 e. The van der Waals surface area contributed by atoms with Gasteiger partial charge in [0.05, 0.1) is 16.2 Å². The molecular weight excluding hydrogens is 357 g/mol. The number of halogens is 2. The van der Waals surface area contributed by atoms with Crippen molar-refractivity contribution < 1.29 is 0 Å². The monoisotopic (exact) mass is 363 g/mol. The summed E-state index contributed by atoms with van der Waals surface area (Å²) in [6.07, 6.45) is 0. The Hall–Kier alpha value is -2.15. The molecule has 1 aromatic carbocycles. The molecule has 0 saturated carbocycles. The van der Waals surface area contributed by atoms with Crippen LogP contribution in [0.5, 0.6) is 0 Å². The zero-order chi connectivity index (χ0) is 16.1. The Labute approximate surface area is 142 Å². The van der Waals surface area contributed by atoms with Crippen molar-refractivity contribution in [3.63, 3.8) is 0 Å². The van der Waals surface area contributed by atoms with Gasteiger partial charge in [-0.3, -0.25) is 9.78 Å². The summed E-state index contributed by atoms with van der Waals surface area (Å²) in [6.45, 7) is 0. The van der Waals surface area contributed by atoms with Crippen LogP contribution in [0.25, 0.3) is 31.7 Å². The Bertz CT molecular complexity index is 1190. The topological polar surface area (TPSA) is 78.6 Å². The van der Waals surface area contributed by atoms with E-state index in [1.807, 2.05) is 6.07 Å². The number of thiophene rings is 1.